The van der Waals surface area contributed by atoms with Crippen LogP contribution in [0.4, 0.5) is 11.4 Å². The third kappa shape index (κ3) is 4.30. The molecule has 2 aromatic carbocycles. The maximum absolute atomic E-state index is 5.30. The number of benzene rings is 2. The van der Waals surface area contributed by atoms with E-state index in [0.717, 1.165) is 27.8 Å². The number of nitrogens with one attached hydrogen (secondary N) is 2. The molecule has 0 saturated carbocycles. The van der Waals surface area contributed by atoms with Gasteiger partial charge in [-0.05, 0) is 42.0 Å². The van der Waals surface area contributed by atoms with Gasteiger partial charge in [0.25, 0.3) is 0 Å². The molecule has 0 saturated heterocycles. The molecule has 0 bridgehead atoms. The van der Waals surface area contributed by atoms with Gasteiger partial charge in [0.1, 0.15) is 0 Å². The fourth-order valence-electron chi connectivity index (χ4n) is 2.38. The monoisotopic (exact) mass is 349 g/mol. The van der Waals surface area contributed by atoms with Crippen LogP contribution in [0.25, 0.3) is 10.9 Å². The Bertz CT molecular complexity index is 898. The van der Waals surface area contributed by atoms with Crippen LogP contribution in [0.1, 0.15) is 5.56 Å². The molecule has 0 amide bonds. The van der Waals surface area contributed by atoms with Gasteiger partial charge in [-0.2, -0.15) is 5.10 Å². The maximum atomic E-state index is 5.30. The predicted molar refractivity (Wildman–Crippen MR) is 109 cm³/mol. The average molecular weight is 349 g/mol. The summed E-state index contributed by atoms with van der Waals surface area (Å²) in [6, 6.07) is 17.9. The lowest BCUT2D eigenvalue weighted by molar-refractivity contribution is 1.05. The van der Waals surface area contributed by atoms with E-state index >= 15 is 0 Å². The van der Waals surface area contributed by atoms with Gasteiger partial charge in [-0.3, -0.25) is 10.4 Å². The summed E-state index contributed by atoms with van der Waals surface area (Å²) in [5.41, 5.74) is 6.69. The molecule has 0 aliphatic carbocycles. The van der Waals surface area contributed by atoms with Gasteiger partial charge in [-0.25, -0.2) is 0 Å². The van der Waals surface area contributed by atoms with E-state index in [0.29, 0.717) is 5.11 Å². The van der Waals surface area contributed by atoms with Gasteiger partial charge in [-0.15, -0.1) is 0 Å². The summed E-state index contributed by atoms with van der Waals surface area (Å²) in [7, 11) is 4.02. The van der Waals surface area contributed by atoms with Crippen molar-refractivity contribution >= 4 is 45.8 Å². The smallest absolute Gasteiger partial charge is 0.191 e. The number of hydrazone groups is 1. The highest BCUT2D eigenvalue weighted by Crippen LogP contribution is 2.20. The third-order valence-electron chi connectivity index (χ3n) is 3.67. The van der Waals surface area contributed by atoms with Crippen LogP contribution in [-0.4, -0.2) is 30.4 Å². The van der Waals surface area contributed by atoms with E-state index in [-0.39, 0.29) is 0 Å². The fourth-order valence-corrected chi connectivity index (χ4v) is 2.54. The summed E-state index contributed by atoms with van der Waals surface area (Å²) < 4.78 is 0. The summed E-state index contributed by atoms with van der Waals surface area (Å²) in [4.78, 5) is 6.44. The highest BCUT2D eigenvalue weighted by atomic mass is 32.1. The van der Waals surface area contributed by atoms with E-state index in [4.69, 9.17) is 12.2 Å². The highest BCUT2D eigenvalue weighted by Gasteiger charge is 2.03. The normalized spacial score (nSPS) is 10.8. The van der Waals surface area contributed by atoms with E-state index in [1.807, 2.05) is 68.7 Å². The number of thiocarbonyl (C=S) groups is 1. The highest BCUT2D eigenvalue weighted by molar-refractivity contribution is 7.80. The maximum Gasteiger partial charge on any atom is 0.191 e. The van der Waals surface area contributed by atoms with Crippen LogP contribution in [0.2, 0.25) is 0 Å². The number of hydrogen-bond donors (Lipinski definition) is 2. The molecule has 1 aromatic heterocycles. The summed E-state index contributed by atoms with van der Waals surface area (Å²) in [5, 5.41) is 8.78. The summed E-state index contributed by atoms with van der Waals surface area (Å²) in [5.74, 6) is 0. The Hall–Kier alpha value is -2.99. The van der Waals surface area contributed by atoms with Crippen LogP contribution in [-0.2, 0) is 0 Å². The van der Waals surface area contributed by atoms with Crippen molar-refractivity contribution in [3.05, 3.63) is 66.4 Å². The first kappa shape index (κ1) is 16.9. The Kier molecular flexibility index (Phi) is 5.20. The lowest BCUT2D eigenvalue weighted by Gasteiger charge is -2.11. The lowest BCUT2D eigenvalue weighted by Crippen LogP contribution is -2.24. The van der Waals surface area contributed by atoms with Crippen molar-refractivity contribution in [2.75, 3.05) is 24.3 Å². The average Bonchev–Trinajstić information content (AvgIpc) is 2.62. The van der Waals surface area contributed by atoms with Crippen molar-refractivity contribution in [1.82, 2.24) is 10.4 Å². The van der Waals surface area contributed by atoms with Crippen molar-refractivity contribution in [2.45, 2.75) is 0 Å². The van der Waals surface area contributed by atoms with E-state index in [1.165, 1.54) is 0 Å². The lowest BCUT2D eigenvalue weighted by atomic mass is 10.2. The van der Waals surface area contributed by atoms with Crippen LogP contribution < -0.4 is 15.6 Å². The standard InChI is InChI=1S/C19H19N5S/c1-24(2)16-10-8-14(9-11-16)13-21-23-19(25)22-17-7-3-5-15-6-4-12-20-18(15)17/h3-13H,1-2H3,(H2,22,23,25). The quantitative estimate of drug-likeness (QED) is 0.428. The van der Waals surface area contributed by atoms with Crippen molar-refractivity contribution in [2.24, 2.45) is 5.10 Å². The van der Waals surface area contributed by atoms with Gasteiger partial charge in [0.2, 0.25) is 0 Å². The Labute approximate surface area is 152 Å². The minimum atomic E-state index is 0.416. The van der Waals surface area contributed by atoms with E-state index in [1.54, 1.807) is 12.4 Å². The topological polar surface area (TPSA) is 52.5 Å². The van der Waals surface area contributed by atoms with Gasteiger partial charge in [0.05, 0.1) is 17.4 Å². The molecule has 0 spiro atoms. The first-order chi connectivity index (χ1) is 12.1. The second-order valence-electron chi connectivity index (χ2n) is 5.69. The third-order valence-corrected chi connectivity index (χ3v) is 3.86. The van der Waals surface area contributed by atoms with Crippen LogP contribution >= 0.6 is 12.2 Å². The molecule has 2 N–H and O–H groups in total. The Morgan fingerprint density at radius 3 is 2.60 bits per heavy atom. The van der Waals surface area contributed by atoms with Crippen LogP contribution in [0.5, 0.6) is 0 Å². The Morgan fingerprint density at radius 1 is 1.08 bits per heavy atom. The molecule has 3 rings (SSSR count). The molecule has 1 heterocycles. The first-order valence-corrected chi connectivity index (χ1v) is 8.25. The zero-order valence-electron chi connectivity index (χ0n) is 14.1. The van der Waals surface area contributed by atoms with Gasteiger partial charge in [0.15, 0.2) is 5.11 Å². The first-order valence-electron chi connectivity index (χ1n) is 7.85. The molecule has 0 fully saturated rings. The van der Waals surface area contributed by atoms with Gasteiger partial charge < -0.3 is 10.2 Å². The predicted octanol–water partition coefficient (Wildman–Crippen LogP) is 3.62. The summed E-state index contributed by atoms with van der Waals surface area (Å²) in [6.07, 6.45) is 3.49. The molecule has 6 heteroatoms. The molecule has 0 aliphatic heterocycles. The summed E-state index contributed by atoms with van der Waals surface area (Å²) >= 11 is 5.30. The number of para-hydroxylation sites is 1. The summed E-state index contributed by atoms with van der Waals surface area (Å²) in [6.45, 7) is 0. The van der Waals surface area contributed by atoms with Crippen LogP contribution in [0, 0.1) is 0 Å². The van der Waals surface area contributed by atoms with Crippen LogP contribution in [0.15, 0.2) is 65.9 Å². The fraction of sp³-hybridized carbons (Fsp3) is 0.105. The molecule has 126 valence electrons. The van der Waals surface area contributed by atoms with Gasteiger partial charge in [-0.1, -0.05) is 30.3 Å². The van der Waals surface area contributed by atoms with E-state index in [2.05, 4.69) is 25.7 Å². The number of aromatic nitrogens is 1. The second kappa shape index (κ2) is 7.72. The van der Waals surface area contributed by atoms with E-state index < -0.39 is 0 Å². The van der Waals surface area contributed by atoms with Crippen molar-refractivity contribution < 1.29 is 0 Å². The van der Waals surface area contributed by atoms with Crippen molar-refractivity contribution in [3.8, 4) is 0 Å². The molecular formula is C19H19N5S. The molecule has 0 aliphatic rings. The molecule has 0 unspecified atom stereocenters. The molecular weight excluding hydrogens is 330 g/mol. The number of rotatable bonds is 4. The molecule has 5 nitrogen and oxygen atoms in total. The number of nitrogens with zero attached hydrogens (tertiary/aromatic N) is 3. The molecule has 3 aromatic rings. The zero-order valence-corrected chi connectivity index (χ0v) is 14.9. The minimum absolute atomic E-state index is 0.416. The van der Waals surface area contributed by atoms with Crippen molar-refractivity contribution in [3.63, 3.8) is 0 Å². The minimum Gasteiger partial charge on any atom is -0.378 e. The largest absolute Gasteiger partial charge is 0.378 e. The van der Waals surface area contributed by atoms with Crippen molar-refractivity contribution in [1.29, 1.82) is 0 Å². The zero-order chi connectivity index (χ0) is 17.6. The number of pyridine rings is 1. The van der Waals surface area contributed by atoms with E-state index in [9.17, 15) is 0 Å². The molecule has 0 radical (unpaired) electrons. The molecule has 0 atom stereocenters. The Balaban J connectivity index is 1.62. The number of fused-ring (bicyclic) bond motifs is 1. The second-order valence-corrected chi connectivity index (χ2v) is 6.10. The van der Waals surface area contributed by atoms with Crippen LogP contribution in [0.3, 0.4) is 0 Å². The Morgan fingerprint density at radius 2 is 1.84 bits per heavy atom. The molecule has 25 heavy (non-hydrogen) atoms. The number of anilines is 2. The van der Waals surface area contributed by atoms with Gasteiger partial charge in [0, 0.05) is 31.4 Å². The SMILES string of the molecule is CN(C)c1ccc(C=NNC(=S)Nc2cccc3cccnc23)cc1. The number of hydrogen-bond acceptors (Lipinski definition) is 4. The van der Waals surface area contributed by atoms with Gasteiger partial charge >= 0.3 is 0 Å².